The minimum absolute atomic E-state index is 0.0687. The van der Waals surface area contributed by atoms with Gasteiger partial charge in [0.05, 0.1) is 0 Å². The fourth-order valence-electron chi connectivity index (χ4n) is 1.62. The van der Waals surface area contributed by atoms with Gasteiger partial charge >= 0.3 is 0 Å². The molecule has 3 heteroatoms. The third-order valence-electron chi connectivity index (χ3n) is 3.11. The monoisotopic (exact) mass is 263 g/mol. The van der Waals surface area contributed by atoms with E-state index in [-0.39, 0.29) is 24.0 Å². The van der Waals surface area contributed by atoms with Crippen molar-refractivity contribution in [1.29, 1.82) is 0 Å². The molecule has 3 nitrogen and oxygen atoms in total. The van der Waals surface area contributed by atoms with Crippen molar-refractivity contribution in [3.63, 3.8) is 0 Å². The van der Waals surface area contributed by atoms with Gasteiger partial charge in [0.2, 0.25) is 0 Å². The Bertz CT molecular complexity index is 404. The van der Waals surface area contributed by atoms with Crippen LogP contribution < -0.4 is 10.1 Å². The molecule has 0 saturated heterocycles. The average molecular weight is 263 g/mol. The zero-order valence-corrected chi connectivity index (χ0v) is 12.6. The van der Waals surface area contributed by atoms with Gasteiger partial charge in [0.25, 0.3) is 5.91 Å². The van der Waals surface area contributed by atoms with E-state index in [4.69, 9.17) is 4.74 Å². The molecule has 0 saturated carbocycles. The Morgan fingerprint density at radius 2 is 1.84 bits per heavy atom. The van der Waals surface area contributed by atoms with Crippen molar-refractivity contribution in [1.82, 2.24) is 5.32 Å². The number of hydrogen-bond donors (Lipinski definition) is 1. The number of amides is 1. The Balaban J connectivity index is 2.48. The maximum absolute atomic E-state index is 11.6. The summed E-state index contributed by atoms with van der Waals surface area (Å²) in [4.78, 5) is 11.6. The fourth-order valence-corrected chi connectivity index (χ4v) is 1.62. The second-order valence-corrected chi connectivity index (χ2v) is 5.94. The van der Waals surface area contributed by atoms with Crippen LogP contribution in [0, 0.1) is 0 Å². The summed E-state index contributed by atoms with van der Waals surface area (Å²) in [6.07, 6.45) is 0.923. The summed E-state index contributed by atoms with van der Waals surface area (Å²) in [6.45, 7) is 10.6. The first-order valence-electron chi connectivity index (χ1n) is 6.85. The molecule has 0 bridgehead atoms. The zero-order valence-electron chi connectivity index (χ0n) is 12.6. The van der Waals surface area contributed by atoms with Crippen molar-refractivity contribution in [2.75, 3.05) is 6.61 Å². The molecule has 19 heavy (non-hydrogen) atoms. The Morgan fingerprint density at radius 3 is 2.32 bits per heavy atom. The van der Waals surface area contributed by atoms with Gasteiger partial charge in [0, 0.05) is 6.04 Å². The summed E-state index contributed by atoms with van der Waals surface area (Å²) in [5.41, 5.74) is 1.39. The molecule has 0 fully saturated rings. The fraction of sp³-hybridized carbons (Fsp3) is 0.562. The van der Waals surface area contributed by atoms with Crippen molar-refractivity contribution in [3.05, 3.63) is 29.8 Å². The Morgan fingerprint density at radius 1 is 1.26 bits per heavy atom. The van der Waals surface area contributed by atoms with E-state index in [2.05, 4.69) is 26.1 Å². The van der Waals surface area contributed by atoms with E-state index in [0.29, 0.717) is 0 Å². The predicted octanol–water partition coefficient (Wildman–Crippen LogP) is 3.28. The van der Waals surface area contributed by atoms with Gasteiger partial charge in [-0.15, -0.1) is 0 Å². The van der Waals surface area contributed by atoms with E-state index in [1.54, 1.807) is 0 Å². The van der Waals surface area contributed by atoms with Gasteiger partial charge in [0.15, 0.2) is 6.61 Å². The lowest BCUT2D eigenvalue weighted by atomic mass is 9.87. The van der Waals surface area contributed by atoms with E-state index in [0.717, 1.165) is 12.2 Å². The SMILES string of the molecule is CCC(C)NC(=O)COc1ccc(C(C)(C)C)cc1. The van der Waals surface area contributed by atoms with Gasteiger partial charge in [0.1, 0.15) is 5.75 Å². The van der Waals surface area contributed by atoms with Crippen LogP contribution in [-0.2, 0) is 10.2 Å². The van der Waals surface area contributed by atoms with Gasteiger partial charge < -0.3 is 10.1 Å². The largest absolute Gasteiger partial charge is 0.484 e. The Kier molecular flexibility index (Phi) is 5.40. The van der Waals surface area contributed by atoms with Crippen molar-refractivity contribution in [2.24, 2.45) is 0 Å². The first-order valence-corrected chi connectivity index (χ1v) is 6.85. The van der Waals surface area contributed by atoms with E-state index in [9.17, 15) is 4.79 Å². The summed E-state index contributed by atoms with van der Waals surface area (Å²) in [6, 6.07) is 8.11. The molecular weight excluding hydrogens is 238 g/mol. The van der Waals surface area contributed by atoms with Gasteiger partial charge in [-0.3, -0.25) is 4.79 Å². The van der Waals surface area contributed by atoms with Crippen LogP contribution in [0.5, 0.6) is 5.75 Å². The second-order valence-electron chi connectivity index (χ2n) is 5.94. The number of carbonyl (C=O) groups excluding carboxylic acids is 1. The minimum atomic E-state index is -0.0748. The zero-order chi connectivity index (χ0) is 14.5. The van der Waals surface area contributed by atoms with Gasteiger partial charge in [-0.2, -0.15) is 0 Å². The number of benzene rings is 1. The van der Waals surface area contributed by atoms with Crippen LogP contribution in [0.1, 0.15) is 46.6 Å². The van der Waals surface area contributed by atoms with E-state index in [1.807, 2.05) is 38.1 Å². The minimum Gasteiger partial charge on any atom is -0.484 e. The van der Waals surface area contributed by atoms with Crippen LogP contribution in [0.3, 0.4) is 0 Å². The lowest BCUT2D eigenvalue weighted by Crippen LogP contribution is -2.35. The normalized spacial score (nSPS) is 12.9. The molecule has 1 aromatic carbocycles. The van der Waals surface area contributed by atoms with E-state index >= 15 is 0 Å². The molecule has 106 valence electrons. The number of hydrogen-bond acceptors (Lipinski definition) is 2. The molecule has 0 aliphatic carbocycles. The van der Waals surface area contributed by atoms with Crippen molar-refractivity contribution in [3.8, 4) is 5.75 Å². The van der Waals surface area contributed by atoms with Crippen molar-refractivity contribution < 1.29 is 9.53 Å². The molecule has 1 aromatic rings. The Labute approximate surface area is 116 Å². The molecule has 0 aliphatic rings. The molecule has 1 unspecified atom stereocenters. The smallest absolute Gasteiger partial charge is 0.258 e. The maximum atomic E-state index is 11.6. The maximum Gasteiger partial charge on any atom is 0.258 e. The number of carbonyl (C=O) groups is 1. The highest BCUT2D eigenvalue weighted by molar-refractivity contribution is 5.77. The van der Waals surface area contributed by atoms with Gasteiger partial charge in [-0.1, -0.05) is 39.8 Å². The van der Waals surface area contributed by atoms with Crippen molar-refractivity contribution in [2.45, 2.75) is 52.5 Å². The highest BCUT2D eigenvalue weighted by Gasteiger charge is 2.13. The summed E-state index contributed by atoms with van der Waals surface area (Å²) in [5, 5.41) is 2.87. The van der Waals surface area contributed by atoms with Crippen molar-refractivity contribution >= 4 is 5.91 Å². The molecule has 1 amide bonds. The second kappa shape index (κ2) is 6.60. The van der Waals surface area contributed by atoms with Crippen LogP contribution in [0.2, 0.25) is 0 Å². The lowest BCUT2D eigenvalue weighted by molar-refractivity contribution is -0.123. The molecule has 0 spiro atoms. The summed E-state index contributed by atoms with van der Waals surface area (Å²) in [7, 11) is 0. The average Bonchev–Trinajstić information content (AvgIpc) is 2.35. The summed E-state index contributed by atoms with van der Waals surface area (Å²) >= 11 is 0. The van der Waals surface area contributed by atoms with Crippen LogP contribution in [0.15, 0.2) is 24.3 Å². The molecule has 0 aliphatic heterocycles. The quantitative estimate of drug-likeness (QED) is 0.885. The molecular formula is C16H25NO2. The van der Waals surface area contributed by atoms with Crippen LogP contribution in [0.4, 0.5) is 0 Å². The topological polar surface area (TPSA) is 38.3 Å². The number of rotatable bonds is 5. The third kappa shape index (κ3) is 5.33. The predicted molar refractivity (Wildman–Crippen MR) is 78.5 cm³/mol. The number of ether oxygens (including phenoxy) is 1. The summed E-state index contributed by atoms with van der Waals surface area (Å²) in [5.74, 6) is 0.654. The molecule has 0 heterocycles. The highest BCUT2D eigenvalue weighted by Crippen LogP contribution is 2.24. The highest BCUT2D eigenvalue weighted by atomic mass is 16.5. The molecule has 1 atom stereocenters. The molecule has 1 rings (SSSR count). The number of nitrogens with one attached hydrogen (secondary N) is 1. The molecule has 0 aromatic heterocycles. The van der Waals surface area contributed by atoms with Crippen LogP contribution in [0.25, 0.3) is 0 Å². The Hall–Kier alpha value is -1.51. The lowest BCUT2D eigenvalue weighted by Gasteiger charge is -2.19. The van der Waals surface area contributed by atoms with Crippen LogP contribution in [-0.4, -0.2) is 18.6 Å². The summed E-state index contributed by atoms with van der Waals surface area (Å²) < 4.78 is 5.47. The van der Waals surface area contributed by atoms with E-state index < -0.39 is 0 Å². The third-order valence-corrected chi connectivity index (χ3v) is 3.11. The first kappa shape index (κ1) is 15.5. The molecule has 0 radical (unpaired) electrons. The van der Waals surface area contributed by atoms with E-state index in [1.165, 1.54) is 5.56 Å². The van der Waals surface area contributed by atoms with Crippen LogP contribution >= 0.6 is 0 Å². The standard InChI is InChI=1S/C16H25NO2/c1-6-12(2)17-15(18)11-19-14-9-7-13(8-10-14)16(3,4)5/h7-10,12H,6,11H2,1-5H3,(H,17,18). The van der Waals surface area contributed by atoms with Gasteiger partial charge in [-0.05, 0) is 36.5 Å². The first-order chi connectivity index (χ1) is 8.82. The molecule has 1 N–H and O–H groups in total. The van der Waals surface area contributed by atoms with Gasteiger partial charge in [-0.25, -0.2) is 0 Å².